The Morgan fingerprint density at radius 1 is 1.30 bits per heavy atom. The Hall–Kier alpha value is -2.24. The van der Waals surface area contributed by atoms with Crippen molar-refractivity contribution in [3.8, 4) is 0 Å². The van der Waals surface area contributed by atoms with Crippen LogP contribution in [0.2, 0.25) is 0 Å². The zero-order valence-electron chi connectivity index (χ0n) is 11.0. The number of pyridine rings is 1. The van der Waals surface area contributed by atoms with Crippen LogP contribution in [0.25, 0.3) is 10.9 Å². The van der Waals surface area contributed by atoms with Crippen LogP contribution in [0.15, 0.2) is 23.0 Å². The molecule has 4 nitrogen and oxygen atoms in total. The van der Waals surface area contributed by atoms with Gasteiger partial charge in [0.15, 0.2) is 11.2 Å². The van der Waals surface area contributed by atoms with Crippen molar-refractivity contribution >= 4 is 16.9 Å². The average Bonchev–Trinajstić information content (AvgIpc) is 2.29. The number of fused-ring (bicyclic) bond motifs is 1. The van der Waals surface area contributed by atoms with Crippen molar-refractivity contribution < 1.29 is 18.7 Å². The molecule has 0 spiro atoms. The van der Waals surface area contributed by atoms with Crippen LogP contribution >= 0.6 is 0 Å². The monoisotopic (exact) mass is 281 g/mol. The van der Waals surface area contributed by atoms with E-state index in [0.29, 0.717) is 6.07 Å². The van der Waals surface area contributed by atoms with Crippen LogP contribution in [-0.4, -0.2) is 15.6 Å². The lowest BCUT2D eigenvalue weighted by Gasteiger charge is -2.20. The van der Waals surface area contributed by atoms with Gasteiger partial charge in [-0.25, -0.2) is 8.78 Å². The molecule has 20 heavy (non-hydrogen) atoms. The number of aromatic nitrogens is 1. The molecule has 1 N–H and O–H groups in total. The standard InChI is InChI=1S/C14H13F2NO3/c1-7(2)17-9(6-13(19)20)5-12(18)10-3-8(15)4-11(16)14(10)17/h3-5,7H,6H2,1-2H3,(H,19,20). The Morgan fingerprint density at radius 3 is 2.50 bits per heavy atom. The van der Waals surface area contributed by atoms with E-state index in [1.54, 1.807) is 13.8 Å². The Morgan fingerprint density at radius 2 is 1.95 bits per heavy atom. The van der Waals surface area contributed by atoms with Crippen molar-refractivity contribution in [1.82, 2.24) is 4.57 Å². The molecule has 1 heterocycles. The predicted octanol–water partition coefficient (Wildman–Crippen LogP) is 2.49. The second-order valence-corrected chi connectivity index (χ2v) is 4.82. The fourth-order valence-corrected chi connectivity index (χ4v) is 2.32. The summed E-state index contributed by atoms with van der Waals surface area (Å²) in [6.45, 7) is 3.47. The van der Waals surface area contributed by atoms with Gasteiger partial charge < -0.3 is 9.67 Å². The number of carboxylic acid groups (broad SMARTS) is 1. The van der Waals surface area contributed by atoms with Crippen LogP contribution in [0.3, 0.4) is 0 Å². The molecule has 2 aromatic rings. The largest absolute Gasteiger partial charge is 0.481 e. The van der Waals surface area contributed by atoms with E-state index in [2.05, 4.69) is 0 Å². The van der Waals surface area contributed by atoms with E-state index in [-0.39, 0.29) is 22.6 Å². The maximum atomic E-state index is 14.0. The SMILES string of the molecule is CC(C)n1c(CC(=O)O)cc(=O)c2cc(F)cc(F)c21. The first-order valence-electron chi connectivity index (χ1n) is 6.06. The predicted molar refractivity (Wildman–Crippen MR) is 69.8 cm³/mol. The molecule has 2 rings (SSSR count). The fourth-order valence-electron chi connectivity index (χ4n) is 2.32. The lowest BCUT2D eigenvalue weighted by molar-refractivity contribution is -0.136. The quantitative estimate of drug-likeness (QED) is 0.940. The molecule has 0 unspecified atom stereocenters. The molecular formula is C14H13F2NO3. The van der Waals surface area contributed by atoms with E-state index >= 15 is 0 Å². The highest BCUT2D eigenvalue weighted by Gasteiger charge is 2.17. The smallest absolute Gasteiger partial charge is 0.309 e. The zero-order chi connectivity index (χ0) is 15.0. The van der Waals surface area contributed by atoms with Gasteiger partial charge in [0, 0.05) is 23.9 Å². The van der Waals surface area contributed by atoms with Crippen molar-refractivity contribution in [2.45, 2.75) is 26.3 Å². The lowest BCUT2D eigenvalue weighted by Crippen LogP contribution is -2.19. The number of aliphatic carboxylic acids is 1. The van der Waals surface area contributed by atoms with Gasteiger partial charge in [0.05, 0.1) is 17.3 Å². The van der Waals surface area contributed by atoms with Gasteiger partial charge in [-0.1, -0.05) is 0 Å². The van der Waals surface area contributed by atoms with Gasteiger partial charge in [0.1, 0.15) is 5.82 Å². The molecular weight excluding hydrogens is 268 g/mol. The number of halogens is 2. The summed E-state index contributed by atoms with van der Waals surface area (Å²) in [4.78, 5) is 22.8. The van der Waals surface area contributed by atoms with Crippen molar-refractivity contribution in [1.29, 1.82) is 0 Å². The number of benzene rings is 1. The lowest BCUT2D eigenvalue weighted by atomic mass is 10.1. The van der Waals surface area contributed by atoms with Crippen LogP contribution < -0.4 is 5.43 Å². The molecule has 0 saturated carbocycles. The summed E-state index contributed by atoms with van der Waals surface area (Å²) in [5.74, 6) is -2.84. The van der Waals surface area contributed by atoms with E-state index in [1.165, 1.54) is 4.57 Å². The molecule has 106 valence electrons. The second-order valence-electron chi connectivity index (χ2n) is 4.82. The Bertz CT molecular complexity index is 750. The summed E-state index contributed by atoms with van der Waals surface area (Å²) >= 11 is 0. The maximum absolute atomic E-state index is 14.0. The first-order valence-corrected chi connectivity index (χ1v) is 6.06. The second kappa shape index (κ2) is 5.03. The summed E-state index contributed by atoms with van der Waals surface area (Å²) in [5.41, 5.74) is -0.466. The van der Waals surface area contributed by atoms with Crippen molar-refractivity contribution in [2.24, 2.45) is 0 Å². The van der Waals surface area contributed by atoms with Crippen LogP contribution in [0.5, 0.6) is 0 Å². The van der Waals surface area contributed by atoms with Crippen molar-refractivity contribution in [2.75, 3.05) is 0 Å². The molecule has 6 heteroatoms. The molecule has 0 fully saturated rings. The van der Waals surface area contributed by atoms with Gasteiger partial charge in [-0.15, -0.1) is 0 Å². The molecule has 0 atom stereocenters. The number of rotatable bonds is 3. The van der Waals surface area contributed by atoms with Gasteiger partial charge >= 0.3 is 5.97 Å². The highest BCUT2D eigenvalue weighted by Crippen LogP contribution is 2.23. The number of carbonyl (C=O) groups is 1. The Balaban J connectivity index is 2.94. The van der Waals surface area contributed by atoms with Crippen LogP contribution in [0, 0.1) is 11.6 Å². The molecule has 0 saturated heterocycles. The van der Waals surface area contributed by atoms with Crippen LogP contribution in [0.1, 0.15) is 25.6 Å². The highest BCUT2D eigenvalue weighted by atomic mass is 19.1. The van der Waals surface area contributed by atoms with Gasteiger partial charge in [-0.3, -0.25) is 9.59 Å². The van der Waals surface area contributed by atoms with Gasteiger partial charge in [-0.05, 0) is 19.9 Å². The molecule has 0 amide bonds. The molecule has 0 aliphatic rings. The maximum Gasteiger partial charge on any atom is 0.309 e. The number of hydrogen-bond acceptors (Lipinski definition) is 2. The topological polar surface area (TPSA) is 59.3 Å². The minimum atomic E-state index is -1.12. The summed E-state index contributed by atoms with van der Waals surface area (Å²) < 4.78 is 28.7. The average molecular weight is 281 g/mol. The molecule has 0 bridgehead atoms. The van der Waals surface area contributed by atoms with E-state index in [0.717, 1.165) is 12.1 Å². The first-order chi connectivity index (χ1) is 9.31. The van der Waals surface area contributed by atoms with Crippen molar-refractivity contribution in [3.05, 3.63) is 45.8 Å². The Labute approximate surface area is 113 Å². The molecule has 1 aromatic carbocycles. The Kier molecular flexibility index (Phi) is 3.57. The molecule has 0 aliphatic heterocycles. The highest BCUT2D eigenvalue weighted by molar-refractivity contribution is 5.81. The van der Waals surface area contributed by atoms with E-state index < -0.39 is 29.5 Å². The van der Waals surface area contributed by atoms with Crippen LogP contribution in [0.4, 0.5) is 8.78 Å². The third-order valence-corrected chi connectivity index (χ3v) is 2.99. The molecule has 0 radical (unpaired) electrons. The van der Waals surface area contributed by atoms with Crippen LogP contribution in [-0.2, 0) is 11.2 Å². The summed E-state index contributed by atoms with van der Waals surface area (Å²) in [7, 11) is 0. The minimum Gasteiger partial charge on any atom is -0.481 e. The normalized spacial score (nSPS) is 11.2. The number of carboxylic acids is 1. The fraction of sp³-hybridized carbons (Fsp3) is 0.286. The van der Waals surface area contributed by atoms with Gasteiger partial charge in [0.25, 0.3) is 0 Å². The zero-order valence-corrected chi connectivity index (χ0v) is 11.0. The third kappa shape index (κ3) is 2.41. The van der Waals surface area contributed by atoms with E-state index in [4.69, 9.17) is 5.11 Å². The summed E-state index contributed by atoms with van der Waals surface area (Å²) in [5, 5.41) is 8.79. The third-order valence-electron chi connectivity index (χ3n) is 2.99. The van der Waals surface area contributed by atoms with Gasteiger partial charge in [-0.2, -0.15) is 0 Å². The van der Waals surface area contributed by atoms with Gasteiger partial charge in [0.2, 0.25) is 0 Å². The minimum absolute atomic E-state index is 0.0647. The summed E-state index contributed by atoms with van der Waals surface area (Å²) in [6, 6.07) is 2.50. The van der Waals surface area contributed by atoms with E-state index in [9.17, 15) is 18.4 Å². The summed E-state index contributed by atoms with van der Waals surface area (Å²) in [6.07, 6.45) is -0.403. The van der Waals surface area contributed by atoms with E-state index in [1.807, 2.05) is 0 Å². The molecule has 1 aromatic heterocycles. The first kappa shape index (κ1) is 14.2. The molecule has 0 aliphatic carbocycles. The number of nitrogens with zero attached hydrogens (tertiary/aromatic N) is 1. The number of hydrogen-bond donors (Lipinski definition) is 1. The van der Waals surface area contributed by atoms with Crippen molar-refractivity contribution in [3.63, 3.8) is 0 Å².